The summed E-state index contributed by atoms with van der Waals surface area (Å²) in [6, 6.07) is 0.0574. The summed E-state index contributed by atoms with van der Waals surface area (Å²) in [6.45, 7) is 2.69. The number of carbonyl (C=O) groups excluding carboxylic acids is 1. The Morgan fingerprint density at radius 1 is 1.33 bits per heavy atom. The van der Waals surface area contributed by atoms with Crippen LogP contribution in [0.1, 0.15) is 64.7 Å². The van der Waals surface area contributed by atoms with Gasteiger partial charge in [-0.15, -0.1) is 0 Å². The van der Waals surface area contributed by atoms with Crippen LogP contribution in [0.2, 0.25) is 0 Å². The summed E-state index contributed by atoms with van der Waals surface area (Å²) >= 11 is 0. The van der Waals surface area contributed by atoms with Crippen LogP contribution in [0.5, 0.6) is 0 Å². The van der Waals surface area contributed by atoms with Crippen molar-refractivity contribution < 1.29 is 19.8 Å². The summed E-state index contributed by atoms with van der Waals surface area (Å²) in [6.07, 6.45) is 14.1. The van der Waals surface area contributed by atoms with E-state index in [1.54, 1.807) is 0 Å². The molecule has 0 saturated carbocycles. The second-order valence-corrected chi connectivity index (χ2v) is 6.36. The fourth-order valence-corrected chi connectivity index (χ4v) is 2.83. The molecule has 1 heterocycles. The maximum absolute atomic E-state index is 12.0. The van der Waals surface area contributed by atoms with Gasteiger partial charge in [0.2, 0.25) is 5.91 Å². The fraction of sp³-hybridized carbons (Fsp3) is 0.684. The molecule has 5 nitrogen and oxygen atoms in total. The molecule has 1 rings (SSSR count). The summed E-state index contributed by atoms with van der Waals surface area (Å²) in [5.41, 5.74) is 0. The lowest BCUT2D eigenvalue weighted by molar-refractivity contribution is -0.137. The van der Waals surface area contributed by atoms with Crippen molar-refractivity contribution in [2.45, 2.75) is 76.9 Å². The SMILES string of the molecule is CCCCC[C@H](O)C=C[C@H]1CCC(=O)N1CC=CCCCC(=O)O. The molecule has 1 amide bonds. The van der Waals surface area contributed by atoms with Crippen LogP contribution in [-0.4, -0.2) is 45.7 Å². The van der Waals surface area contributed by atoms with Crippen molar-refractivity contribution in [3.05, 3.63) is 24.3 Å². The minimum absolute atomic E-state index is 0.0574. The molecule has 0 aromatic carbocycles. The van der Waals surface area contributed by atoms with Gasteiger partial charge in [-0.2, -0.15) is 0 Å². The maximum atomic E-state index is 12.0. The van der Waals surface area contributed by atoms with E-state index in [0.29, 0.717) is 25.8 Å². The van der Waals surface area contributed by atoms with Crippen LogP contribution in [0.15, 0.2) is 24.3 Å². The Balaban J connectivity index is 2.37. The zero-order valence-electron chi connectivity index (χ0n) is 14.7. The number of likely N-dealkylation sites (tertiary alicyclic amines) is 1. The average Bonchev–Trinajstić information content (AvgIpc) is 2.89. The minimum Gasteiger partial charge on any atom is -0.481 e. The number of carbonyl (C=O) groups is 2. The Bertz CT molecular complexity index is 445. The number of carboxylic acids is 1. The molecular weight excluding hydrogens is 306 g/mol. The average molecular weight is 337 g/mol. The lowest BCUT2D eigenvalue weighted by Crippen LogP contribution is -2.32. The molecule has 1 aliphatic rings. The van der Waals surface area contributed by atoms with Crippen LogP contribution in [0, 0.1) is 0 Å². The Morgan fingerprint density at radius 2 is 2.12 bits per heavy atom. The molecule has 2 N–H and O–H groups in total. The van der Waals surface area contributed by atoms with Gasteiger partial charge in [0, 0.05) is 19.4 Å². The highest BCUT2D eigenvalue weighted by Crippen LogP contribution is 2.20. The van der Waals surface area contributed by atoms with Crippen molar-refractivity contribution in [1.82, 2.24) is 4.90 Å². The van der Waals surface area contributed by atoms with Gasteiger partial charge >= 0.3 is 5.97 Å². The Kier molecular flexibility index (Phi) is 10.1. The Morgan fingerprint density at radius 3 is 2.83 bits per heavy atom. The van der Waals surface area contributed by atoms with Crippen LogP contribution < -0.4 is 0 Å². The molecule has 5 heteroatoms. The largest absolute Gasteiger partial charge is 0.481 e. The van der Waals surface area contributed by atoms with Gasteiger partial charge in [-0.3, -0.25) is 9.59 Å². The molecule has 0 aromatic rings. The first-order valence-electron chi connectivity index (χ1n) is 9.07. The number of aliphatic hydroxyl groups excluding tert-OH is 1. The predicted octanol–water partition coefficient (Wildman–Crippen LogP) is 3.29. The summed E-state index contributed by atoms with van der Waals surface area (Å²) in [5, 5.41) is 18.5. The Labute approximate surface area is 145 Å². The number of amides is 1. The minimum atomic E-state index is -0.777. The zero-order chi connectivity index (χ0) is 17.8. The van der Waals surface area contributed by atoms with Crippen molar-refractivity contribution in [3.63, 3.8) is 0 Å². The van der Waals surface area contributed by atoms with Crippen molar-refractivity contribution in [2.75, 3.05) is 6.54 Å². The van der Waals surface area contributed by atoms with E-state index in [1.807, 2.05) is 29.2 Å². The number of carboxylic acid groups (broad SMARTS) is 1. The molecule has 0 unspecified atom stereocenters. The van der Waals surface area contributed by atoms with E-state index in [9.17, 15) is 14.7 Å². The molecule has 0 radical (unpaired) electrons. The Hall–Kier alpha value is -1.62. The molecule has 24 heavy (non-hydrogen) atoms. The first kappa shape index (κ1) is 20.4. The van der Waals surface area contributed by atoms with E-state index in [1.165, 1.54) is 0 Å². The van der Waals surface area contributed by atoms with Gasteiger partial charge in [0.15, 0.2) is 0 Å². The fourth-order valence-electron chi connectivity index (χ4n) is 2.83. The van der Waals surface area contributed by atoms with Gasteiger partial charge in [-0.1, -0.05) is 50.5 Å². The molecular formula is C19H31NO4. The van der Waals surface area contributed by atoms with Gasteiger partial charge < -0.3 is 15.1 Å². The molecule has 1 fully saturated rings. The number of aliphatic hydroxyl groups is 1. The second kappa shape index (κ2) is 11.8. The molecule has 0 aliphatic carbocycles. The number of hydrogen-bond donors (Lipinski definition) is 2. The van der Waals surface area contributed by atoms with Crippen LogP contribution >= 0.6 is 0 Å². The third-order valence-corrected chi connectivity index (χ3v) is 4.26. The summed E-state index contributed by atoms with van der Waals surface area (Å²) in [5.74, 6) is -0.638. The smallest absolute Gasteiger partial charge is 0.303 e. The predicted molar refractivity (Wildman–Crippen MR) is 94.7 cm³/mol. The number of unbranched alkanes of at least 4 members (excludes halogenated alkanes) is 3. The van der Waals surface area contributed by atoms with Crippen LogP contribution in [0.4, 0.5) is 0 Å². The number of rotatable bonds is 12. The molecule has 2 atom stereocenters. The van der Waals surface area contributed by atoms with Crippen molar-refractivity contribution in [2.24, 2.45) is 0 Å². The van der Waals surface area contributed by atoms with E-state index in [0.717, 1.165) is 32.1 Å². The van der Waals surface area contributed by atoms with Crippen LogP contribution in [0.25, 0.3) is 0 Å². The number of hydrogen-bond acceptors (Lipinski definition) is 3. The summed E-state index contributed by atoms with van der Waals surface area (Å²) < 4.78 is 0. The highest BCUT2D eigenvalue weighted by atomic mass is 16.4. The topological polar surface area (TPSA) is 77.8 Å². The first-order valence-corrected chi connectivity index (χ1v) is 9.07. The molecule has 0 bridgehead atoms. The summed E-state index contributed by atoms with van der Waals surface area (Å²) in [4.78, 5) is 24.2. The lowest BCUT2D eigenvalue weighted by atomic mass is 10.1. The van der Waals surface area contributed by atoms with E-state index >= 15 is 0 Å². The third kappa shape index (κ3) is 8.29. The van der Waals surface area contributed by atoms with Crippen LogP contribution in [0.3, 0.4) is 0 Å². The van der Waals surface area contributed by atoms with E-state index in [2.05, 4.69) is 6.92 Å². The van der Waals surface area contributed by atoms with Gasteiger partial charge in [-0.05, 0) is 25.7 Å². The van der Waals surface area contributed by atoms with E-state index in [4.69, 9.17) is 5.11 Å². The highest BCUT2D eigenvalue weighted by Gasteiger charge is 2.27. The van der Waals surface area contributed by atoms with E-state index in [-0.39, 0.29) is 18.4 Å². The van der Waals surface area contributed by atoms with Crippen molar-refractivity contribution in [3.8, 4) is 0 Å². The number of aliphatic carboxylic acids is 1. The third-order valence-electron chi connectivity index (χ3n) is 4.26. The zero-order valence-corrected chi connectivity index (χ0v) is 14.7. The molecule has 1 aliphatic heterocycles. The maximum Gasteiger partial charge on any atom is 0.303 e. The van der Waals surface area contributed by atoms with Gasteiger partial charge in [0.1, 0.15) is 0 Å². The summed E-state index contributed by atoms with van der Waals surface area (Å²) in [7, 11) is 0. The monoisotopic (exact) mass is 337 g/mol. The van der Waals surface area contributed by atoms with Crippen molar-refractivity contribution >= 4 is 11.9 Å². The second-order valence-electron chi connectivity index (χ2n) is 6.36. The number of nitrogens with zero attached hydrogens (tertiary/aromatic N) is 1. The number of allylic oxidation sites excluding steroid dienone is 1. The molecule has 0 aromatic heterocycles. The van der Waals surface area contributed by atoms with Gasteiger partial charge in [-0.25, -0.2) is 0 Å². The van der Waals surface area contributed by atoms with Crippen LogP contribution in [-0.2, 0) is 9.59 Å². The standard InChI is InChI=1S/C19H31NO4/c1-2-3-6-9-17(21)13-11-16-12-14-18(22)20(16)15-8-5-4-7-10-19(23)24/h5,8,11,13,16-17,21H,2-4,6-7,9-10,12,14-15H2,1H3,(H,23,24)/t16-,17-/m0/s1. The quantitative estimate of drug-likeness (QED) is 0.423. The first-order chi connectivity index (χ1) is 11.5. The lowest BCUT2D eigenvalue weighted by Gasteiger charge is -2.21. The van der Waals surface area contributed by atoms with Gasteiger partial charge in [0.05, 0.1) is 12.1 Å². The normalized spacial score (nSPS) is 19.7. The van der Waals surface area contributed by atoms with Crippen molar-refractivity contribution in [1.29, 1.82) is 0 Å². The van der Waals surface area contributed by atoms with Gasteiger partial charge in [0.25, 0.3) is 0 Å². The molecule has 1 saturated heterocycles. The molecule has 136 valence electrons. The van der Waals surface area contributed by atoms with E-state index < -0.39 is 12.1 Å². The highest BCUT2D eigenvalue weighted by molar-refractivity contribution is 5.79. The molecule has 0 spiro atoms.